The van der Waals surface area contributed by atoms with E-state index in [-0.39, 0.29) is 5.82 Å². The van der Waals surface area contributed by atoms with Gasteiger partial charge in [0.05, 0.1) is 18.8 Å². The van der Waals surface area contributed by atoms with Crippen LogP contribution < -0.4 is 0 Å². The quantitative estimate of drug-likeness (QED) is 0.859. The molecule has 1 aromatic heterocycles. The van der Waals surface area contributed by atoms with Crippen LogP contribution in [0.2, 0.25) is 0 Å². The largest absolute Gasteiger partial charge is 0.379 e. The summed E-state index contributed by atoms with van der Waals surface area (Å²) in [7, 11) is 0. The van der Waals surface area contributed by atoms with Crippen molar-refractivity contribution in [3.8, 4) is 11.4 Å². The molecule has 1 aliphatic rings. The summed E-state index contributed by atoms with van der Waals surface area (Å²) in [6, 6.07) is 6.63. The van der Waals surface area contributed by atoms with Crippen LogP contribution >= 0.6 is 12.2 Å². The number of ether oxygens (including phenoxy) is 1. The Balaban J connectivity index is 1.70. The number of hydrogen-bond acceptors (Lipinski definition) is 4. The number of hydrogen-bond donors (Lipinski definition) is 1. The molecule has 0 amide bonds. The average molecular weight is 322 g/mol. The fourth-order valence-electron chi connectivity index (χ4n) is 2.65. The fraction of sp³-hybridized carbons (Fsp3) is 0.467. The molecule has 0 bridgehead atoms. The third kappa shape index (κ3) is 3.43. The molecule has 1 fully saturated rings. The number of benzene rings is 1. The van der Waals surface area contributed by atoms with E-state index in [0.717, 1.165) is 45.8 Å². The van der Waals surface area contributed by atoms with E-state index < -0.39 is 0 Å². The van der Waals surface area contributed by atoms with Gasteiger partial charge in [-0.15, -0.1) is 0 Å². The maximum absolute atomic E-state index is 14.0. The Morgan fingerprint density at radius 1 is 1.23 bits per heavy atom. The molecule has 1 aromatic carbocycles. The highest BCUT2D eigenvalue weighted by Gasteiger charge is 2.14. The van der Waals surface area contributed by atoms with Crippen LogP contribution in [0.15, 0.2) is 24.3 Å². The summed E-state index contributed by atoms with van der Waals surface area (Å²) in [6.07, 6.45) is 0.940. The zero-order valence-corrected chi connectivity index (χ0v) is 13.1. The van der Waals surface area contributed by atoms with E-state index in [1.807, 2.05) is 4.57 Å². The van der Waals surface area contributed by atoms with Gasteiger partial charge >= 0.3 is 0 Å². The van der Waals surface area contributed by atoms with Crippen molar-refractivity contribution in [3.05, 3.63) is 34.9 Å². The predicted molar refractivity (Wildman–Crippen MR) is 84.7 cm³/mol. The Labute approximate surface area is 133 Å². The minimum atomic E-state index is -0.286. The first-order valence-electron chi connectivity index (χ1n) is 7.46. The lowest BCUT2D eigenvalue weighted by atomic mass is 10.2. The van der Waals surface area contributed by atoms with E-state index in [1.54, 1.807) is 18.2 Å². The Bertz CT molecular complexity index is 678. The van der Waals surface area contributed by atoms with Crippen molar-refractivity contribution < 1.29 is 9.13 Å². The van der Waals surface area contributed by atoms with Crippen molar-refractivity contribution >= 4 is 12.2 Å². The van der Waals surface area contributed by atoms with Crippen molar-refractivity contribution in [2.24, 2.45) is 0 Å². The van der Waals surface area contributed by atoms with Crippen molar-refractivity contribution in [1.29, 1.82) is 0 Å². The van der Waals surface area contributed by atoms with Crippen LogP contribution in [0.5, 0.6) is 0 Å². The van der Waals surface area contributed by atoms with E-state index in [0.29, 0.717) is 16.2 Å². The summed E-state index contributed by atoms with van der Waals surface area (Å²) in [5.41, 5.74) is 0.473. The molecule has 0 radical (unpaired) electrons. The molecule has 1 aliphatic heterocycles. The molecule has 5 nitrogen and oxygen atoms in total. The zero-order valence-electron chi connectivity index (χ0n) is 12.3. The lowest BCUT2D eigenvalue weighted by Crippen LogP contribution is -2.37. The van der Waals surface area contributed by atoms with E-state index in [2.05, 4.69) is 15.1 Å². The summed E-state index contributed by atoms with van der Waals surface area (Å²) in [4.78, 5) is 2.37. The van der Waals surface area contributed by atoms with Crippen LogP contribution in [0.4, 0.5) is 4.39 Å². The van der Waals surface area contributed by atoms with Crippen molar-refractivity contribution in [2.75, 3.05) is 32.8 Å². The Morgan fingerprint density at radius 2 is 2.00 bits per heavy atom. The molecule has 0 saturated carbocycles. The van der Waals surface area contributed by atoms with Crippen LogP contribution in [0.3, 0.4) is 0 Å². The summed E-state index contributed by atoms with van der Waals surface area (Å²) in [5, 5.41) is 6.95. The molecular formula is C15H19FN4OS. The van der Waals surface area contributed by atoms with Crippen molar-refractivity contribution in [3.63, 3.8) is 0 Å². The molecule has 2 aromatic rings. The van der Waals surface area contributed by atoms with Gasteiger partial charge in [0.1, 0.15) is 5.82 Å². The Hall–Kier alpha value is -1.57. The maximum Gasteiger partial charge on any atom is 0.195 e. The maximum atomic E-state index is 14.0. The van der Waals surface area contributed by atoms with Crippen LogP contribution in [-0.2, 0) is 11.3 Å². The summed E-state index contributed by atoms with van der Waals surface area (Å²) in [6.45, 7) is 5.23. The molecule has 118 valence electrons. The molecule has 1 saturated heterocycles. The second kappa shape index (κ2) is 7.13. The number of rotatable bonds is 5. The monoisotopic (exact) mass is 322 g/mol. The van der Waals surface area contributed by atoms with Gasteiger partial charge in [-0.1, -0.05) is 12.1 Å². The topological polar surface area (TPSA) is 46.1 Å². The van der Waals surface area contributed by atoms with Gasteiger partial charge in [0.2, 0.25) is 0 Å². The van der Waals surface area contributed by atoms with Gasteiger partial charge < -0.3 is 9.30 Å². The fourth-order valence-corrected chi connectivity index (χ4v) is 2.87. The summed E-state index contributed by atoms with van der Waals surface area (Å²) in [5.74, 6) is 0.274. The minimum absolute atomic E-state index is 0.286. The van der Waals surface area contributed by atoms with Gasteiger partial charge in [0.25, 0.3) is 0 Å². The van der Waals surface area contributed by atoms with Gasteiger partial charge in [-0.3, -0.25) is 10.00 Å². The van der Waals surface area contributed by atoms with Crippen molar-refractivity contribution in [2.45, 2.75) is 13.0 Å². The van der Waals surface area contributed by atoms with E-state index >= 15 is 0 Å². The number of H-pyrrole nitrogens is 1. The number of morpholine rings is 1. The van der Waals surface area contributed by atoms with Gasteiger partial charge in [-0.25, -0.2) is 4.39 Å². The normalized spacial score (nSPS) is 16.0. The second-order valence-corrected chi connectivity index (χ2v) is 5.68. The number of aromatic amines is 1. The number of halogens is 1. The standard InChI is InChI=1S/C15H19FN4OS/c16-13-5-2-1-4-12(13)14-17-18-15(22)20(14)7-3-6-19-8-10-21-11-9-19/h1-2,4-5H,3,6-11H2,(H,18,22). The number of nitrogens with zero attached hydrogens (tertiary/aromatic N) is 3. The third-order valence-electron chi connectivity index (χ3n) is 3.83. The molecule has 0 aliphatic carbocycles. The van der Waals surface area contributed by atoms with Crippen LogP contribution in [-0.4, -0.2) is 52.5 Å². The number of aromatic nitrogens is 3. The van der Waals surface area contributed by atoms with Crippen LogP contribution in [0, 0.1) is 10.6 Å². The van der Waals surface area contributed by atoms with Gasteiger partial charge in [-0.2, -0.15) is 5.10 Å². The van der Waals surface area contributed by atoms with Gasteiger partial charge in [0, 0.05) is 26.2 Å². The average Bonchev–Trinajstić information content (AvgIpc) is 2.90. The predicted octanol–water partition coefficient (Wildman–Crippen LogP) is 2.47. The number of nitrogens with one attached hydrogen (secondary N) is 1. The molecule has 7 heteroatoms. The zero-order chi connectivity index (χ0) is 15.4. The summed E-state index contributed by atoms with van der Waals surface area (Å²) < 4.78 is 21.7. The molecule has 2 heterocycles. The lowest BCUT2D eigenvalue weighted by molar-refractivity contribution is 0.0369. The molecule has 22 heavy (non-hydrogen) atoms. The van der Waals surface area contributed by atoms with E-state index in [9.17, 15) is 4.39 Å². The Morgan fingerprint density at radius 3 is 2.77 bits per heavy atom. The first-order valence-corrected chi connectivity index (χ1v) is 7.87. The smallest absolute Gasteiger partial charge is 0.195 e. The molecule has 0 atom stereocenters. The first-order chi connectivity index (χ1) is 10.8. The molecule has 1 N–H and O–H groups in total. The second-order valence-electron chi connectivity index (χ2n) is 5.29. The van der Waals surface area contributed by atoms with E-state index in [1.165, 1.54) is 6.07 Å². The first kappa shape index (κ1) is 15.3. The van der Waals surface area contributed by atoms with Gasteiger partial charge in [0.15, 0.2) is 10.6 Å². The molecule has 0 unspecified atom stereocenters. The highest BCUT2D eigenvalue weighted by molar-refractivity contribution is 7.71. The SMILES string of the molecule is Fc1ccccc1-c1n[nH]c(=S)n1CCCN1CCOCC1. The van der Waals surface area contributed by atoms with E-state index in [4.69, 9.17) is 17.0 Å². The third-order valence-corrected chi connectivity index (χ3v) is 4.14. The minimum Gasteiger partial charge on any atom is -0.379 e. The molecule has 0 spiro atoms. The van der Waals surface area contributed by atoms with Crippen LogP contribution in [0.1, 0.15) is 6.42 Å². The van der Waals surface area contributed by atoms with Crippen molar-refractivity contribution in [1.82, 2.24) is 19.7 Å². The Kier molecular flexibility index (Phi) is 4.97. The highest BCUT2D eigenvalue weighted by Crippen LogP contribution is 2.20. The molecule has 3 rings (SSSR count). The van der Waals surface area contributed by atoms with Gasteiger partial charge in [-0.05, 0) is 30.8 Å². The highest BCUT2D eigenvalue weighted by atomic mass is 32.1. The summed E-state index contributed by atoms with van der Waals surface area (Å²) >= 11 is 5.27. The molecular weight excluding hydrogens is 303 g/mol. The van der Waals surface area contributed by atoms with Crippen LogP contribution in [0.25, 0.3) is 11.4 Å². The lowest BCUT2D eigenvalue weighted by Gasteiger charge is -2.26.